The van der Waals surface area contributed by atoms with Crippen molar-refractivity contribution < 1.29 is 18.4 Å². The molecule has 3 aromatic rings. The molecule has 1 N–H and O–H groups in total. The molecule has 2 aliphatic heterocycles. The van der Waals surface area contributed by atoms with Gasteiger partial charge in [-0.1, -0.05) is 53.7 Å². The Balaban J connectivity index is 1.36. The van der Waals surface area contributed by atoms with Gasteiger partial charge < -0.3 is 5.32 Å². The number of aliphatic imine (C=N–C) groups is 1. The number of nitrogens with zero attached hydrogens (tertiary/aromatic N) is 3. The molecule has 6 nitrogen and oxygen atoms in total. The quantitative estimate of drug-likeness (QED) is 0.458. The summed E-state index contributed by atoms with van der Waals surface area (Å²) in [5.74, 6) is -1.69. The van der Waals surface area contributed by atoms with Gasteiger partial charge in [-0.2, -0.15) is 10.1 Å². The minimum absolute atomic E-state index is 0.128. The molecule has 2 heterocycles. The van der Waals surface area contributed by atoms with Gasteiger partial charge in [-0.3, -0.25) is 9.59 Å². The lowest BCUT2D eigenvalue weighted by atomic mass is 9.98. The fourth-order valence-electron chi connectivity index (χ4n) is 4.03. The molecule has 2 atom stereocenters. The van der Waals surface area contributed by atoms with E-state index in [0.717, 1.165) is 22.9 Å². The summed E-state index contributed by atoms with van der Waals surface area (Å²) in [6.07, 6.45) is 0.363. The second kappa shape index (κ2) is 10.2. The molecular formula is C26H19ClF2N4O2S. The van der Waals surface area contributed by atoms with Crippen LogP contribution in [0, 0.1) is 11.6 Å². The Kier molecular flexibility index (Phi) is 6.84. The monoisotopic (exact) mass is 524 g/mol. The Hall–Kier alpha value is -3.56. The van der Waals surface area contributed by atoms with E-state index in [1.54, 1.807) is 29.3 Å². The smallest absolute Gasteiger partial charge is 0.262 e. The second-order valence-electron chi connectivity index (χ2n) is 8.27. The number of carbonyl (C=O) groups excluding carboxylic acids is 2. The lowest BCUT2D eigenvalue weighted by Gasteiger charge is -2.23. The van der Waals surface area contributed by atoms with Crippen molar-refractivity contribution in [2.45, 2.75) is 24.1 Å². The van der Waals surface area contributed by atoms with E-state index < -0.39 is 22.9 Å². The molecule has 3 aromatic carbocycles. The first-order chi connectivity index (χ1) is 17.4. The van der Waals surface area contributed by atoms with Gasteiger partial charge in [-0.25, -0.2) is 13.8 Å². The van der Waals surface area contributed by atoms with Crippen LogP contribution in [0.1, 0.15) is 30.0 Å². The van der Waals surface area contributed by atoms with Crippen LogP contribution in [0.15, 0.2) is 82.9 Å². The topological polar surface area (TPSA) is 74.1 Å². The molecule has 0 unspecified atom stereocenters. The maximum Gasteiger partial charge on any atom is 0.262 e. The summed E-state index contributed by atoms with van der Waals surface area (Å²) in [7, 11) is 0. The molecule has 0 aliphatic carbocycles. The molecule has 0 aromatic heterocycles. The third-order valence-corrected chi connectivity index (χ3v) is 7.10. The SMILES string of the molecule is O=C(C[C@H]1SC(N2N=C(c3ccc(F)cc3)C[C@@H]2c2cccc(Cl)c2)=NC1=O)Nc1cccc(F)c1. The number of nitrogens with one attached hydrogen (secondary N) is 1. The molecule has 36 heavy (non-hydrogen) atoms. The van der Waals surface area contributed by atoms with Crippen molar-refractivity contribution in [3.8, 4) is 0 Å². The van der Waals surface area contributed by atoms with Gasteiger partial charge in [-0.05, 0) is 53.6 Å². The standard InChI is InChI=1S/C26H19ClF2N4O2S/c27-17-4-1-3-16(11-17)22-13-21(15-7-9-18(28)10-8-15)32-33(22)26-31-25(35)23(36-26)14-24(34)30-20-6-2-5-19(29)12-20/h1-12,22-23H,13-14H2,(H,30,34)/t22-,23-/m1/s1. The van der Waals surface area contributed by atoms with Crippen LogP contribution in [-0.2, 0) is 9.59 Å². The number of thioether (sulfide) groups is 1. The number of hydrogen-bond donors (Lipinski definition) is 1. The highest BCUT2D eigenvalue weighted by Gasteiger charge is 2.39. The normalized spacial score (nSPS) is 19.3. The van der Waals surface area contributed by atoms with Gasteiger partial charge in [0.2, 0.25) is 5.91 Å². The average molecular weight is 525 g/mol. The fraction of sp³-hybridized carbons (Fsp3) is 0.154. The zero-order valence-corrected chi connectivity index (χ0v) is 20.3. The van der Waals surface area contributed by atoms with Gasteiger partial charge >= 0.3 is 0 Å². The summed E-state index contributed by atoms with van der Waals surface area (Å²) in [5.41, 5.74) is 2.66. The lowest BCUT2D eigenvalue weighted by molar-refractivity contribution is -0.121. The highest BCUT2D eigenvalue weighted by Crippen LogP contribution is 2.39. The molecule has 0 saturated heterocycles. The number of amidine groups is 1. The molecule has 5 rings (SSSR count). The number of amides is 2. The van der Waals surface area contributed by atoms with Crippen LogP contribution >= 0.6 is 23.4 Å². The van der Waals surface area contributed by atoms with E-state index in [0.29, 0.717) is 28.0 Å². The molecule has 10 heteroatoms. The highest BCUT2D eigenvalue weighted by atomic mass is 35.5. The minimum atomic E-state index is -0.737. The van der Waals surface area contributed by atoms with Crippen molar-refractivity contribution in [3.63, 3.8) is 0 Å². The number of hydrogen-bond acceptors (Lipinski definition) is 5. The highest BCUT2D eigenvalue weighted by molar-refractivity contribution is 8.15. The van der Waals surface area contributed by atoms with Crippen molar-refractivity contribution in [2.75, 3.05) is 5.32 Å². The first-order valence-corrected chi connectivity index (χ1v) is 12.3. The maximum atomic E-state index is 13.5. The molecule has 2 amide bonds. The van der Waals surface area contributed by atoms with Gasteiger partial charge in [0.05, 0.1) is 11.8 Å². The third-order valence-electron chi connectivity index (χ3n) is 5.73. The Morgan fingerprint density at radius 2 is 1.83 bits per heavy atom. The first-order valence-electron chi connectivity index (χ1n) is 11.1. The fourth-order valence-corrected chi connectivity index (χ4v) is 5.29. The Morgan fingerprint density at radius 3 is 2.58 bits per heavy atom. The molecule has 0 spiro atoms. The van der Waals surface area contributed by atoms with Gasteiger partial charge in [-0.15, -0.1) is 0 Å². The van der Waals surface area contributed by atoms with Crippen molar-refractivity contribution in [3.05, 3.63) is 101 Å². The van der Waals surface area contributed by atoms with E-state index >= 15 is 0 Å². The van der Waals surface area contributed by atoms with Gasteiger partial charge in [0.1, 0.15) is 16.9 Å². The predicted octanol–water partition coefficient (Wildman–Crippen LogP) is 5.80. The van der Waals surface area contributed by atoms with Crippen LogP contribution in [0.25, 0.3) is 0 Å². The number of carbonyl (C=O) groups is 2. The van der Waals surface area contributed by atoms with E-state index in [-0.39, 0.29) is 18.3 Å². The van der Waals surface area contributed by atoms with E-state index in [9.17, 15) is 18.4 Å². The summed E-state index contributed by atoms with van der Waals surface area (Å²) in [6, 6.07) is 18.6. The van der Waals surface area contributed by atoms with Crippen LogP contribution in [0.2, 0.25) is 5.02 Å². The molecule has 0 fully saturated rings. The van der Waals surface area contributed by atoms with Crippen LogP contribution in [0.3, 0.4) is 0 Å². The van der Waals surface area contributed by atoms with Gasteiger partial charge in [0.15, 0.2) is 5.17 Å². The van der Waals surface area contributed by atoms with Crippen molar-refractivity contribution >= 4 is 51.7 Å². The summed E-state index contributed by atoms with van der Waals surface area (Å²) >= 11 is 7.38. The van der Waals surface area contributed by atoms with Crippen molar-refractivity contribution in [1.29, 1.82) is 0 Å². The van der Waals surface area contributed by atoms with Crippen LogP contribution in [-0.4, -0.2) is 33.0 Å². The number of hydrazone groups is 1. The minimum Gasteiger partial charge on any atom is -0.326 e. The zero-order chi connectivity index (χ0) is 25.2. The molecular weight excluding hydrogens is 506 g/mol. The van der Waals surface area contributed by atoms with Crippen LogP contribution in [0.4, 0.5) is 14.5 Å². The van der Waals surface area contributed by atoms with E-state index in [1.165, 1.54) is 30.3 Å². The first kappa shape index (κ1) is 24.1. The summed E-state index contributed by atoms with van der Waals surface area (Å²) in [6.45, 7) is 0. The van der Waals surface area contributed by atoms with Gasteiger partial charge in [0.25, 0.3) is 5.91 Å². The Morgan fingerprint density at radius 1 is 1.06 bits per heavy atom. The number of anilines is 1. The summed E-state index contributed by atoms with van der Waals surface area (Å²) in [4.78, 5) is 29.4. The molecule has 182 valence electrons. The second-order valence-corrected chi connectivity index (χ2v) is 9.88. The molecule has 0 bridgehead atoms. The van der Waals surface area contributed by atoms with E-state index in [1.807, 2.05) is 18.2 Å². The number of halogens is 3. The largest absolute Gasteiger partial charge is 0.326 e. The maximum absolute atomic E-state index is 13.5. The number of rotatable bonds is 5. The van der Waals surface area contributed by atoms with Gasteiger partial charge in [0, 0.05) is 23.6 Å². The van der Waals surface area contributed by atoms with Crippen molar-refractivity contribution in [1.82, 2.24) is 5.01 Å². The zero-order valence-electron chi connectivity index (χ0n) is 18.7. The lowest BCUT2D eigenvalue weighted by Crippen LogP contribution is -2.25. The Bertz CT molecular complexity index is 1400. The van der Waals surface area contributed by atoms with E-state index in [4.69, 9.17) is 16.7 Å². The van der Waals surface area contributed by atoms with Crippen LogP contribution in [0.5, 0.6) is 0 Å². The molecule has 0 saturated carbocycles. The third kappa shape index (κ3) is 5.32. The predicted molar refractivity (Wildman–Crippen MR) is 137 cm³/mol. The summed E-state index contributed by atoms with van der Waals surface area (Å²) in [5, 5.41) is 9.18. The Labute approximate surface area is 215 Å². The average Bonchev–Trinajstić information content (AvgIpc) is 3.44. The summed E-state index contributed by atoms with van der Waals surface area (Å²) < 4.78 is 26.9. The van der Waals surface area contributed by atoms with Crippen LogP contribution < -0.4 is 5.32 Å². The molecule has 2 aliphatic rings. The molecule has 0 radical (unpaired) electrons. The van der Waals surface area contributed by atoms with Crippen molar-refractivity contribution in [2.24, 2.45) is 10.1 Å². The van der Waals surface area contributed by atoms with E-state index in [2.05, 4.69) is 10.3 Å². The number of benzene rings is 3.